The van der Waals surface area contributed by atoms with Gasteiger partial charge in [-0.1, -0.05) is 18.2 Å². The number of sulfonamides is 1. The second-order valence-corrected chi connectivity index (χ2v) is 9.64. The largest absolute Gasteiger partial charge is 0.333 e. The molecule has 6 nitrogen and oxygen atoms in total. The molecule has 1 aromatic heterocycles. The maximum Gasteiger partial charge on any atom is 0.254 e. The molecule has 1 heterocycles. The maximum atomic E-state index is 12.9. The van der Waals surface area contributed by atoms with Gasteiger partial charge in [0.1, 0.15) is 5.01 Å². The quantitative estimate of drug-likeness (QED) is 0.655. The van der Waals surface area contributed by atoms with Crippen molar-refractivity contribution in [3.8, 4) is 0 Å². The van der Waals surface area contributed by atoms with E-state index in [1.165, 1.54) is 26.2 Å². The fraction of sp³-hybridized carbons (Fsp3) is 0.263. The SMILES string of the molecule is C[C@H](c1nc2ccccc2s1)N(C)C(=O)c1cccc(S(=O)(=O)N(C)C)c1. The van der Waals surface area contributed by atoms with Gasteiger partial charge in [0.2, 0.25) is 10.0 Å². The number of benzene rings is 2. The van der Waals surface area contributed by atoms with Crippen molar-refractivity contribution in [2.75, 3.05) is 21.1 Å². The summed E-state index contributed by atoms with van der Waals surface area (Å²) in [4.78, 5) is 19.2. The second-order valence-electron chi connectivity index (χ2n) is 6.43. The van der Waals surface area contributed by atoms with Gasteiger partial charge in [-0.3, -0.25) is 4.79 Å². The van der Waals surface area contributed by atoms with Crippen LogP contribution in [0.5, 0.6) is 0 Å². The minimum atomic E-state index is -3.60. The lowest BCUT2D eigenvalue weighted by Gasteiger charge is -2.23. The Morgan fingerprint density at radius 1 is 1.07 bits per heavy atom. The molecule has 0 N–H and O–H groups in total. The Labute approximate surface area is 163 Å². The smallest absolute Gasteiger partial charge is 0.254 e. The molecular formula is C19H21N3O3S2. The molecule has 0 bridgehead atoms. The van der Waals surface area contributed by atoms with Crippen molar-refractivity contribution in [3.05, 3.63) is 59.1 Å². The van der Waals surface area contributed by atoms with Crippen LogP contribution in [0.3, 0.4) is 0 Å². The summed E-state index contributed by atoms with van der Waals surface area (Å²) >= 11 is 1.55. The number of carbonyl (C=O) groups is 1. The first-order valence-electron chi connectivity index (χ1n) is 8.37. The minimum absolute atomic E-state index is 0.0967. The van der Waals surface area contributed by atoms with Gasteiger partial charge in [0, 0.05) is 26.7 Å². The molecule has 27 heavy (non-hydrogen) atoms. The Hall–Kier alpha value is -2.29. The van der Waals surface area contributed by atoms with Crippen LogP contribution in [-0.4, -0.2) is 49.7 Å². The first-order chi connectivity index (χ1) is 12.7. The van der Waals surface area contributed by atoms with Crippen LogP contribution in [0, 0.1) is 0 Å². The molecular weight excluding hydrogens is 382 g/mol. The summed E-state index contributed by atoms with van der Waals surface area (Å²) in [6.45, 7) is 1.91. The number of hydrogen-bond acceptors (Lipinski definition) is 5. The third-order valence-electron chi connectivity index (χ3n) is 4.43. The lowest BCUT2D eigenvalue weighted by molar-refractivity contribution is 0.0742. The summed E-state index contributed by atoms with van der Waals surface area (Å²) in [6.07, 6.45) is 0. The fourth-order valence-corrected chi connectivity index (χ4v) is 4.63. The Bertz CT molecular complexity index is 1060. The topological polar surface area (TPSA) is 70.6 Å². The van der Waals surface area contributed by atoms with Crippen LogP contribution in [0.2, 0.25) is 0 Å². The van der Waals surface area contributed by atoms with Gasteiger partial charge in [0.05, 0.1) is 21.2 Å². The van der Waals surface area contributed by atoms with E-state index in [0.717, 1.165) is 19.5 Å². The fourth-order valence-electron chi connectivity index (χ4n) is 2.61. The molecule has 0 unspecified atom stereocenters. The molecule has 142 valence electrons. The van der Waals surface area contributed by atoms with E-state index in [-0.39, 0.29) is 16.8 Å². The van der Waals surface area contributed by atoms with Crippen LogP contribution in [0.15, 0.2) is 53.4 Å². The number of rotatable bonds is 5. The zero-order valence-corrected chi connectivity index (χ0v) is 17.2. The standard InChI is InChI=1S/C19H21N3O3S2/c1-13(18-20-16-10-5-6-11-17(16)26-18)22(4)19(23)14-8-7-9-15(12-14)27(24,25)21(2)3/h5-13H,1-4H3/t13-/m1/s1. The summed E-state index contributed by atoms with van der Waals surface area (Å²) in [5.41, 5.74) is 1.23. The normalized spacial score (nSPS) is 13.1. The van der Waals surface area contributed by atoms with Crippen LogP contribution in [0.25, 0.3) is 10.2 Å². The van der Waals surface area contributed by atoms with Gasteiger partial charge >= 0.3 is 0 Å². The second kappa shape index (κ2) is 7.38. The summed E-state index contributed by atoms with van der Waals surface area (Å²) in [5.74, 6) is -0.252. The van der Waals surface area contributed by atoms with E-state index in [0.29, 0.717) is 5.56 Å². The number of hydrogen-bond donors (Lipinski definition) is 0. The highest BCUT2D eigenvalue weighted by atomic mass is 32.2. The summed E-state index contributed by atoms with van der Waals surface area (Å²) < 4.78 is 26.8. The highest BCUT2D eigenvalue weighted by Crippen LogP contribution is 2.29. The number of aromatic nitrogens is 1. The number of amides is 1. The van der Waals surface area contributed by atoms with E-state index < -0.39 is 10.0 Å². The molecule has 1 amide bonds. The van der Waals surface area contributed by atoms with E-state index in [9.17, 15) is 13.2 Å². The minimum Gasteiger partial charge on any atom is -0.333 e. The Morgan fingerprint density at radius 2 is 1.78 bits per heavy atom. The van der Waals surface area contributed by atoms with Crippen molar-refractivity contribution >= 4 is 37.5 Å². The van der Waals surface area contributed by atoms with Gasteiger partial charge in [-0.2, -0.15) is 0 Å². The van der Waals surface area contributed by atoms with Gasteiger partial charge in [0.15, 0.2) is 0 Å². The van der Waals surface area contributed by atoms with Crippen LogP contribution in [-0.2, 0) is 10.0 Å². The van der Waals surface area contributed by atoms with E-state index in [2.05, 4.69) is 4.98 Å². The lowest BCUT2D eigenvalue weighted by Crippen LogP contribution is -2.30. The molecule has 0 saturated heterocycles. The van der Waals surface area contributed by atoms with Crippen molar-refractivity contribution in [2.24, 2.45) is 0 Å². The van der Waals surface area contributed by atoms with Crippen LogP contribution >= 0.6 is 11.3 Å². The first-order valence-corrected chi connectivity index (χ1v) is 10.6. The average molecular weight is 404 g/mol. The summed E-state index contributed by atoms with van der Waals surface area (Å²) in [6, 6.07) is 13.7. The molecule has 0 fully saturated rings. The lowest BCUT2D eigenvalue weighted by atomic mass is 10.2. The van der Waals surface area contributed by atoms with E-state index in [1.807, 2.05) is 31.2 Å². The van der Waals surface area contributed by atoms with Crippen molar-refractivity contribution in [1.29, 1.82) is 0 Å². The number of thiazole rings is 1. The number of fused-ring (bicyclic) bond motifs is 1. The molecule has 0 saturated carbocycles. The van der Waals surface area contributed by atoms with Gasteiger partial charge in [-0.05, 0) is 37.3 Å². The van der Waals surface area contributed by atoms with Gasteiger partial charge < -0.3 is 4.90 Å². The molecule has 3 aromatic rings. The van der Waals surface area contributed by atoms with Gasteiger partial charge in [0.25, 0.3) is 5.91 Å². The zero-order chi connectivity index (χ0) is 19.8. The van der Waals surface area contributed by atoms with Crippen LogP contribution < -0.4 is 0 Å². The third kappa shape index (κ3) is 3.73. The zero-order valence-electron chi connectivity index (χ0n) is 15.6. The third-order valence-corrected chi connectivity index (χ3v) is 7.45. The van der Waals surface area contributed by atoms with Crippen molar-refractivity contribution < 1.29 is 13.2 Å². The number of nitrogens with zero attached hydrogens (tertiary/aromatic N) is 3. The molecule has 2 aromatic carbocycles. The monoisotopic (exact) mass is 403 g/mol. The molecule has 0 spiro atoms. The maximum absolute atomic E-state index is 12.9. The highest BCUT2D eigenvalue weighted by Gasteiger charge is 2.24. The molecule has 0 radical (unpaired) electrons. The van der Waals surface area contributed by atoms with Crippen LogP contribution in [0.4, 0.5) is 0 Å². The molecule has 1 atom stereocenters. The van der Waals surface area contributed by atoms with Gasteiger partial charge in [-0.25, -0.2) is 17.7 Å². The highest BCUT2D eigenvalue weighted by molar-refractivity contribution is 7.89. The summed E-state index contributed by atoms with van der Waals surface area (Å²) in [7, 11) is 1.03. The average Bonchev–Trinajstić information content (AvgIpc) is 3.10. The molecule has 0 aliphatic rings. The van der Waals surface area contributed by atoms with Gasteiger partial charge in [-0.15, -0.1) is 11.3 Å². The molecule has 0 aliphatic heterocycles. The van der Waals surface area contributed by atoms with E-state index in [1.54, 1.807) is 35.4 Å². The predicted octanol–water partition coefficient (Wildman–Crippen LogP) is 3.38. The molecule has 8 heteroatoms. The number of carbonyl (C=O) groups excluding carboxylic acids is 1. The van der Waals surface area contributed by atoms with E-state index in [4.69, 9.17) is 0 Å². The van der Waals surface area contributed by atoms with Crippen molar-refractivity contribution in [1.82, 2.24) is 14.2 Å². The molecule has 3 rings (SSSR count). The Balaban J connectivity index is 1.89. The summed E-state index contributed by atoms with van der Waals surface area (Å²) in [5, 5.41) is 0.837. The Morgan fingerprint density at radius 3 is 2.44 bits per heavy atom. The van der Waals surface area contributed by atoms with Crippen molar-refractivity contribution in [3.63, 3.8) is 0 Å². The Kier molecular flexibility index (Phi) is 5.32. The number of para-hydroxylation sites is 1. The first kappa shape index (κ1) is 19.5. The molecule has 0 aliphatic carbocycles. The predicted molar refractivity (Wildman–Crippen MR) is 107 cm³/mol. The van der Waals surface area contributed by atoms with Crippen LogP contribution in [0.1, 0.15) is 28.3 Å². The van der Waals surface area contributed by atoms with Crippen molar-refractivity contribution in [2.45, 2.75) is 17.9 Å². The van der Waals surface area contributed by atoms with E-state index >= 15 is 0 Å².